The largest absolute Gasteiger partial charge is 0.380 e. The third-order valence-electron chi connectivity index (χ3n) is 3.42. The fraction of sp³-hybridized carbons (Fsp3) is 0.438. The smallest absolute Gasteiger partial charge is 0.235 e. The van der Waals surface area contributed by atoms with Crippen molar-refractivity contribution in [1.82, 2.24) is 0 Å². The summed E-state index contributed by atoms with van der Waals surface area (Å²) in [5.74, 6) is 0.527. The van der Waals surface area contributed by atoms with Gasteiger partial charge in [0.05, 0.1) is 29.7 Å². The Hall–Kier alpha value is -1.84. The van der Waals surface area contributed by atoms with E-state index < -0.39 is 10.0 Å². The molecular formula is C16H20N2O3S. The SMILES string of the molecule is C=C(C)c1cc(C#N)ccc1NS(=O)(=O)CCOCC1CC1. The first kappa shape index (κ1) is 16.5. The molecule has 1 aromatic rings. The van der Waals surface area contributed by atoms with Crippen molar-refractivity contribution in [3.63, 3.8) is 0 Å². The molecule has 1 fully saturated rings. The Bertz CT molecular complexity index is 701. The van der Waals surface area contributed by atoms with Crippen LogP contribution in [0, 0.1) is 17.2 Å². The molecule has 6 heteroatoms. The molecule has 1 aliphatic carbocycles. The van der Waals surface area contributed by atoms with E-state index in [2.05, 4.69) is 11.3 Å². The zero-order valence-corrected chi connectivity index (χ0v) is 13.4. The first-order chi connectivity index (χ1) is 10.4. The van der Waals surface area contributed by atoms with E-state index in [1.165, 1.54) is 12.8 Å². The summed E-state index contributed by atoms with van der Waals surface area (Å²) in [4.78, 5) is 0. The van der Waals surface area contributed by atoms with Crippen LogP contribution in [0.2, 0.25) is 0 Å². The predicted molar refractivity (Wildman–Crippen MR) is 86.8 cm³/mol. The second kappa shape index (κ2) is 6.95. The Kier molecular flexibility index (Phi) is 5.22. The van der Waals surface area contributed by atoms with Gasteiger partial charge in [-0.2, -0.15) is 5.26 Å². The van der Waals surface area contributed by atoms with Crippen LogP contribution in [0.3, 0.4) is 0 Å². The number of rotatable bonds is 8. The lowest BCUT2D eigenvalue weighted by Crippen LogP contribution is -2.21. The van der Waals surface area contributed by atoms with Crippen LogP contribution in [0.15, 0.2) is 24.8 Å². The van der Waals surface area contributed by atoms with Crippen LogP contribution in [0.1, 0.15) is 30.9 Å². The standard InChI is InChI=1S/C16H20N2O3S/c1-12(2)15-9-14(10-17)5-6-16(15)18-22(19,20)8-7-21-11-13-3-4-13/h5-6,9,13,18H,1,3-4,7-8,11H2,2H3. The van der Waals surface area contributed by atoms with Crippen molar-refractivity contribution in [2.45, 2.75) is 19.8 Å². The van der Waals surface area contributed by atoms with Crippen LogP contribution >= 0.6 is 0 Å². The number of ether oxygens (including phenoxy) is 1. The van der Waals surface area contributed by atoms with Crippen molar-refractivity contribution in [2.24, 2.45) is 5.92 Å². The van der Waals surface area contributed by atoms with E-state index in [9.17, 15) is 8.42 Å². The van der Waals surface area contributed by atoms with Gasteiger partial charge in [-0.25, -0.2) is 8.42 Å². The molecule has 0 aliphatic heterocycles. The highest BCUT2D eigenvalue weighted by molar-refractivity contribution is 7.92. The molecule has 1 saturated carbocycles. The monoisotopic (exact) mass is 320 g/mol. The zero-order valence-electron chi connectivity index (χ0n) is 12.6. The number of allylic oxidation sites excluding steroid dienone is 1. The molecule has 0 heterocycles. The summed E-state index contributed by atoms with van der Waals surface area (Å²) in [6, 6.07) is 6.83. The number of hydrogen-bond acceptors (Lipinski definition) is 4. The van der Waals surface area contributed by atoms with Gasteiger partial charge in [0.25, 0.3) is 0 Å². The van der Waals surface area contributed by atoms with Crippen molar-refractivity contribution >= 4 is 21.3 Å². The van der Waals surface area contributed by atoms with E-state index in [4.69, 9.17) is 10.00 Å². The van der Waals surface area contributed by atoms with E-state index in [0.717, 1.165) is 0 Å². The molecule has 1 N–H and O–H groups in total. The average molecular weight is 320 g/mol. The van der Waals surface area contributed by atoms with Gasteiger partial charge in [-0.15, -0.1) is 0 Å². The minimum Gasteiger partial charge on any atom is -0.380 e. The van der Waals surface area contributed by atoms with E-state index in [-0.39, 0.29) is 12.4 Å². The minimum absolute atomic E-state index is 0.0879. The van der Waals surface area contributed by atoms with Crippen molar-refractivity contribution in [3.05, 3.63) is 35.9 Å². The van der Waals surface area contributed by atoms with Gasteiger partial charge in [-0.05, 0) is 49.5 Å². The second-order valence-electron chi connectivity index (χ2n) is 5.59. The van der Waals surface area contributed by atoms with Gasteiger partial charge in [0.2, 0.25) is 10.0 Å². The Morgan fingerprint density at radius 3 is 2.82 bits per heavy atom. The van der Waals surface area contributed by atoms with Crippen molar-refractivity contribution in [2.75, 3.05) is 23.7 Å². The molecule has 0 saturated heterocycles. The maximum atomic E-state index is 12.1. The quantitative estimate of drug-likeness (QED) is 0.747. The van der Waals surface area contributed by atoms with Crippen LogP contribution in [0.5, 0.6) is 0 Å². The summed E-state index contributed by atoms with van der Waals surface area (Å²) in [7, 11) is -3.49. The van der Waals surface area contributed by atoms with E-state index in [0.29, 0.717) is 34.9 Å². The fourth-order valence-corrected chi connectivity index (χ4v) is 2.93. The van der Waals surface area contributed by atoms with Gasteiger partial charge < -0.3 is 4.74 Å². The lowest BCUT2D eigenvalue weighted by Gasteiger charge is -2.13. The molecule has 0 amide bonds. The Labute approximate surface area is 131 Å². The molecule has 1 aromatic carbocycles. The molecule has 0 spiro atoms. The Balaban J connectivity index is 2.01. The highest BCUT2D eigenvalue weighted by Crippen LogP contribution is 2.28. The minimum atomic E-state index is -3.49. The van der Waals surface area contributed by atoms with E-state index >= 15 is 0 Å². The maximum Gasteiger partial charge on any atom is 0.235 e. The lowest BCUT2D eigenvalue weighted by atomic mass is 10.0. The van der Waals surface area contributed by atoms with Crippen molar-refractivity contribution in [1.29, 1.82) is 5.26 Å². The van der Waals surface area contributed by atoms with Crippen LogP contribution in [-0.2, 0) is 14.8 Å². The molecule has 118 valence electrons. The van der Waals surface area contributed by atoms with Gasteiger partial charge in [0, 0.05) is 12.2 Å². The van der Waals surface area contributed by atoms with Gasteiger partial charge in [0.15, 0.2) is 0 Å². The van der Waals surface area contributed by atoms with E-state index in [1.807, 2.05) is 6.07 Å². The summed E-state index contributed by atoms with van der Waals surface area (Å²) >= 11 is 0. The lowest BCUT2D eigenvalue weighted by molar-refractivity contribution is 0.138. The molecule has 0 aromatic heterocycles. The third-order valence-corrected chi connectivity index (χ3v) is 4.66. The number of sulfonamides is 1. The number of nitrogens with zero attached hydrogens (tertiary/aromatic N) is 1. The molecule has 22 heavy (non-hydrogen) atoms. The Morgan fingerprint density at radius 2 is 2.23 bits per heavy atom. The predicted octanol–water partition coefficient (Wildman–Crippen LogP) is 2.76. The topological polar surface area (TPSA) is 79.2 Å². The van der Waals surface area contributed by atoms with Crippen LogP contribution in [-0.4, -0.2) is 27.4 Å². The van der Waals surface area contributed by atoms with Gasteiger partial charge in [-0.3, -0.25) is 4.72 Å². The second-order valence-corrected chi connectivity index (χ2v) is 7.43. The Morgan fingerprint density at radius 1 is 1.50 bits per heavy atom. The molecule has 0 bridgehead atoms. The number of nitrogens with one attached hydrogen (secondary N) is 1. The number of hydrogen-bond donors (Lipinski definition) is 1. The fourth-order valence-electron chi connectivity index (χ4n) is 1.98. The van der Waals surface area contributed by atoms with Crippen LogP contribution in [0.4, 0.5) is 5.69 Å². The number of anilines is 1. The molecule has 0 atom stereocenters. The van der Waals surface area contributed by atoms with Crippen LogP contribution in [0.25, 0.3) is 5.57 Å². The van der Waals surface area contributed by atoms with Crippen molar-refractivity contribution in [3.8, 4) is 6.07 Å². The molecular weight excluding hydrogens is 300 g/mol. The van der Waals surface area contributed by atoms with Crippen LogP contribution < -0.4 is 4.72 Å². The first-order valence-electron chi connectivity index (χ1n) is 7.19. The zero-order chi connectivity index (χ0) is 16.2. The summed E-state index contributed by atoms with van der Waals surface area (Å²) in [5, 5.41) is 8.93. The summed E-state index contributed by atoms with van der Waals surface area (Å²) in [6.45, 7) is 6.42. The van der Waals surface area contributed by atoms with Gasteiger partial charge >= 0.3 is 0 Å². The summed E-state index contributed by atoms with van der Waals surface area (Å²) in [5.41, 5.74) is 2.23. The highest BCUT2D eigenvalue weighted by Gasteiger charge is 2.21. The molecule has 5 nitrogen and oxygen atoms in total. The normalized spacial score (nSPS) is 14.4. The van der Waals surface area contributed by atoms with E-state index in [1.54, 1.807) is 25.1 Å². The average Bonchev–Trinajstić information content (AvgIpc) is 3.27. The van der Waals surface area contributed by atoms with Gasteiger partial charge in [0.1, 0.15) is 0 Å². The molecule has 2 rings (SSSR count). The number of nitriles is 1. The van der Waals surface area contributed by atoms with Gasteiger partial charge in [-0.1, -0.05) is 6.58 Å². The molecule has 0 unspecified atom stereocenters. The first-order valence-corrected chi connectivity index (χ1v) is 8.85. The molecule has 0 radical (unpaired) electrons. The maximum absolute atomic E-state index is 12.1. The summed E-state index contributed by atoms with van der Waals surface area (Å²) in [6.07, 6.45) is 2.36. The number of benzene rings is 1. The van der Waals surface area contributed by atoms with Crippen molar-refractivity contribution < 1.29 is 13.2 Å². The summed E-state index contributed by atoms with van der Waals surface area (Å²) < 4.78 is 32.1. The highest BCUT2D eigenvalue weighted by atomic mass is 32.2. The molecule has 1 aliphatic rings. The third kappa shape index (κ3) is 4.86.